The van der Waals surface area contributed by atoms with Crippen LogP contribution in [0.1, 0.15) is 0 Å². The summed E-state index contributed by atoms with van der Waals surface area (Å²) in [5.74, 6) is -0.153. The number of hydrogen-bond acceptors (Lipinski definition) is 5. The van der Waals surface area contributed by atoms with E-state index in [9.17, 15) is 0 Å². The van der Waals surface area contributed by atoms with E-state index in [0.717, 1.165) is 0 Å². The van der Waals surface area contributed by atoms with E-state index in [1.807, 2.05) is 0 Å². The van der Waals surface area contributed by atoms with E-state index < -0.39 is 7.69 Å². The second kappa shape index (κ2) is 13.1. The van der Waals surface area contributed by atoms with E-state index in [0.29, 0.717) is 0 Å². The Morgan fingerprint density at radius 1 is 1.00 bits per heavy atom. The van der Waals surface area contributed by atoms with Crippen LogP contribution >= 0.6 is 0 Å². The molecule has 0 amide bonds. The van der Waals surface area contributed by atoms with Crippen molar-refractivity contribution in [1.82, 2.24) is 0 Å². The molecule has 0 saturated carbocycles. The number of hydrogen-bond donors (Lipinski definition) is 4. The molecule has 0 aliphatic carbocycles. The van der Waals surface area contributed by atoms with Crippen LogP contribution in [0, 0.1) is 0 Å². The zero-order valence-corrected chi connectivity index (χ0v) is 8.78. The highest BCUT2D eigenvalue weighted by molar-refractivity contribution is 6.13. The molecule has 0 atom stereocenters. The minimum atomic E-state index is -0.750. The molecule has 6 heteroatoms. The quantitative estimate of drug-likeness (QED) is 0.337. The second-order valence-electron chi connectivity index (χ2n) is 2.10. The Labute approximate surface area is 94.9 Å². The maximum Gasteiger partial charge on any atom is 0.432 e. The zero-order chi connectivity index (χ0) is 12.8. The molecular formula is C10H15BO5. The number of para-hydroxylation sites is 2. The standard InChI is InChI=1S/C6H6O2.C4H6O.BH3O2/c7-5-3-1-2-4-6(5)8;1-3-5-4-2;2-1-3/h1-4,7-8H;3-4H,1-2H2;1-3H. The van der Waals surface area contributed by atoms with Crippen LogP contribution in [0.3, 0.4) is 0 Å². The van der Waals surface area contributed by atoms with Crippen LogP contribution in [0.15, 0.2) is 49.9 Å². The smallest absolute Gasteiger partial charge is 0.432 e. The van der Waals surface area contributed by atoms with Crippen LogP contribution < -0.4 is 0 Å². The molecule has 0 aliphatic rings. The van der Waals surface area contributed by atoms with Gasteiger partial charge in [0.1, 0.15) is 0 Å². The SMILES string of the molecule is C=COC=C.OBO.Oc1ccccc1O. The van der Waals surface area contributed by atoms with Gasteiger partial charge in [0, 0.05) is 0 Å². The summed E-state index contributed by atoms with van der Waals surface area (Å²) in [6.07, 6.45) is 2.62. The van der Waals surface area contributed by atoms with E-state index in [1.165, 1.54) is 24.7 Å². The summed E-state index contributed by atoms with van der Waals surface area (Å²) < 4.78 is 4.36. The molecule has 0 unspecified atom stereocenters. The summed E-state index contributed by atoms with van der Waals surface area (Å²) in [7, 11) is -0.750. The number of benzene rings is 1. The Morgan fingerprint density at radius 3 is 1.44 bits per heavy atom. The third-order valence-electron chi connectivity index (χ3n) is 1.07. The Kier molecular flexibility index (Phi) is 13.5. The molecule has 0 aliphatic heterocycles. The third-order valence-corrected chi connectivity index (χ3v) is 1.07. The van der Waals surface area contributed by atoms with Crippen LogP contribution in [0.4, 0.5) is 0 Å². The number of aromatic hydroxyl groups is 2. The molecule has 0 spiro atoms. The van der Waals surface area contributed by atoms with Crippen LogP contribution in [0.25, 0.3) is 0 Å². The first-order chi connectivity index (χ1) is 7.63. The highest BCUT2D eigenvalue weighted by atomic mass is 16.5. The molecule has 5 nitrogen and oxygen atoms in total. The van der Waals surface area contributed by atoms with Gasteiger partial charge in [0.25, 0.3) is 0 Å². The number of phenolic OH excluding ortho intramolecular Hbond substituents is 2. The van der Waals surface area contributed by atoms with E-state index >= 15 is 0 Å². The highest BCUT2D eigenvalue weighted by Gasteiger charge is 1.90. The molecule has 0 aromatic heterocycles. The fourth-order valence-electron chi connectivity index (χ4n) is 0.532. The molecule has 0 radical (unpaired) electrons. The van der Waals surface area contributed by atoms with Crippen LogP contribution in [-0.4, -0.2) is 27.9 Å². The van der Waals surface area contributed by atoms with Crippen LogP contribution in [-0.2, 0) is 4.74 Å². The molecule has 0 fully saturated rings. The lowest BCUT2D eigenvalue weighted by atomic mass is 10.3. The van der Waals surface area contributed by atoms with E-state index in [2.05, 4.69) is 17.9 Å². The normalized spacial score (nSPS) is 7.12. The lowest BCUT2D eigenvalue weighted by Gasteiger charge is -1.91. The van der Waals surface area contributed by atoms with Gasteiger partial charge in [-0.1, -0.05) is 25.3 Å². The van der Waals surface area contributed by atoms with Gasteiger partial charge in [-0.2, -0.15) is 0 Å². The van der Waals surface area contributed by atoms with Crippen molar-refractivity contribution in [1.29, 1.82) is 0 Å². The van der Waals surface area contributed by atoms with Crippen molar-refractivity contribution in [2.75, 3.05) is 0 Å². The van der Waals surface area contributed by atoms with Crippen molar-refractivity contribution in [2.24, 2.45) is 0 Å². The molecule has 1 aromatic carbocycles. The molecule has 16 heavy (non-hydrogen) atoms. The van der Waals surface area contributed by atoms with Crippen LogP contribution in [0.2, 0.25) is 0 Å². The molecule has 1 rings (SSSR count). The van der Waals surface area contributed by atoms with Crippen molar-refractivity contribution < 1.29 is 25.0 Å². The predicted molar refractivity (Wildman–Crippen MR) is 62.8 cm³/mol. The predicted octanol–water partition coefficient (Wildman–Crippen LogP) is 0.625. The monoisotopic (exact) mass is 226 g/mol. The topological polar surface area (TPSA) is 90.2 Å². The Bertz CT molecular complexity index is 263. The van der Waals surface area contributed by atoms with E-state index in [4.69, 9.17) is 20.3 Å². The summed E-state index contributed by atoms with van der Waals surface area (Å²) in [6.45, 7) is 6.51. The summed E-state index contributed by atoms with van der Waals surface area (Å²) in [5, 5.41) is 31.6. The maximum atomic E-state index is 8.67. The fourth-order valence-corrected chi connectivity index (χ4v) is 0.532. The van der Waals surface area contributed by atoms with Gasteiger partial charge in [0.2, 0.25) is 0 Å². The largest absolute Gasteiger partial charge is 0.504 e. The van der Waals surface area contributed by atoms with Gasteiger partial charge in [-0.05, 0) is 12.1 Å². The fraction of sp³-hybridized carbons (Fsp3) is 0. The molecule has 0 heterocycles. The van der Waals surface area contributed by atoms with Gasteiger partial charge >= 0.3 is 7.69 Å². The molecule has 4 N–H and O–H groups in total. The molecule has 0 saturated heterocycles. The summed E-state index contributed by atoms with van der Waals surface area (Å²) >= 11 is 0. The Hall–Kier alpha value is -1.92. The first-order valence-corrected chi connectivity index (χ1v) is 4.19. The van der Waals surface area contributed by atoms with Gasteiger partial charge in [0.15, 0.2) is 11.5 Å². The average molecular weight is 226 g/mol. The highest BCUT2D eigenvalue weighted by Crippen LogP contribution is 2.21. The van der Waals surface area contributed by atoms with Gasteiger partial charge in [-0.25, -0.2) is 0 Å². The first-order valence-electron chi connectivity index (χ1n) is 4.19. The minimum absolute atomic E-state index is 0.0764. The van der Waals surface area contributed by atoms with Crippen molar-refractivity contribution in [2.45, 2.75) is 0 Å². The van der Waals surface area contributed by atoms with Gasteiger partial charge < -0.3 is 25.0 Å². The van der Waals surface area contributed by atoms with Crippen molar-refractivity contribution in [3.63, 3.8) is 0 Å². The number of ether oxygens (including phenoxy) is 1. The van der Waals surface area contributed by atoms with Crippen LogP contribution in [0.5, 0.6) is 11.5 Å². The van der Waals surface area contributed by atoms with Crippen molar-refractivity contribution in [3.8, 4) is 11.5 Å². The first kappa shape index (κ1) is 16.5. The molecule has 0 bridgehead atoms. The molecule has 88 valence electrons. The lowest BCUT2D eigenvalue weighted by Crippen LogP contribution is -1.75. The van der Waals surface area contributed by atoms with Crippen molar-refractivity contribution >= 4 is 7.69 Å². The summed E-state index contributed by atoms with van der Waals surface area (Å²) in [4.78, 5) is 0. The minimum Gasteiger partial charge on any atom is -0.504 e. The number of phenols is 2. The molecular weight excluding hydrogens is 211 g/mol. The summed E-state index contributed by atoms with van der Waals surface area (Å²) in [6, 6.07) is 6.15. The maximum absolute atomic E-state index is 8.67. The Balaban J connectivity index is 0. The molecule has 1 aromatic rings. The zero-order valence-electron chi connectivity index (χ0n) is 8.78. The third kappa shape index (κ3) is 12.1. The van der Waals surface area contributed by atoms with E-state index in [-0.39, 0.29) is 11.5 Å². The number of rotatable bonds is 2. The van der Waals surface area contributed by atoms with E-state index in [1.54, 1.807) is 12.1 Å². The van der Waals surface area contributed by atoms with Gasteiger partial charge in [-0.3, -0.25) is 0 Å². The Morgan fingerprint density at radius 2 is 1.31 bits per heavy atom. The van der Waals surface area contributed by atoms with Gasteiger partial charge in [-0.15, -0.1) is 0 Å². The second-order valence-corrected chi connectivity index (χ2v) is 2.10. The summed E-state index contributed by atoms with van der Waals surface area (Å²) in [5.41, 5.74) is 0. The lowest BCUT2D eigenvalue weighted by molar-refractivity contribution is 0.404. The van der Waals surface area contributed by atoms with Gasteiger partial charge in [0.05, 0.1) is 12.5 Å². The van der Waals surface area contributed by atoms with Crippen molar-refractivity contribution in [3.05, 3.63) is 49.9 Å². The average Bonchev–Trinajstić information content (AvgIpc) is 2.26.